The van der Waals surface area contributed by atoms with Crippen LogP contribution in [0.5, 0.6) is 11.5 Å². The third-order valence-electron chi connectivity index (χ3n) is 6.06. The molecule has 0 aromatic heterocycles. The minimum atomic E-state index is -0.565. The minimum absolute atomic E-state index is 0.117. The Kier molecular flexibility index (Phi) is 8.18. The van der Waals surface area contributed by atoms with Gasteiger partial charge in [0, 0.05) is 11.1 Å². The molecule has 202 valence electrons. The molecule has 1 aliphatic rings. The Labute approximate surface area is 242 Å². The normalized spacial score (nSPS) is 14.2. The van der Waals surface area contributed by atoms with Crippen molar-refractivity contribution < 1.29 is 28.2 Å². The highest BCUT2D eigenvalue weighted by atomic mass is 79.9. The van der Waals surface area contributed by atoms with E-state index in [0.29, 0.717) is 32.8 Å². The molecule has 40 heavy (non-hydrogen) atoms. The molecule has 1 saturated heterocycles. The first-order valence-corrected chi connectivity index (χ1v) is 13.7. The average molecular weight is 621 g/mol. The van der Waals surface area contributed by atoms with Crippen molar-refractivity contribution >= 4 is 67.3 Å². The summed E-state index contributed by atoms with van der Waals surface area (Å²) in [5.41, 5.74) is 1.82. The summed E-state index contributed by atoms with van der Waals surface area (Å²) in [4.78, 5) is 39.6. The van der Waals surface area contributed by atoms with Crippen LogP contribution in [0, 0.1) is 5.82 Å². The van der Waals surface area contributed by atoms with Crippen molar-refractivity contribution in [3.8, 4) is 11.5 Å². The average Bonchev–Trinajstić information content (AvgIpc) is 3.19. The molecular weight excluding hydrogens is 599 g/mol. The summed E-state index contributed by atoms with van der Waals surface area (Å²) < 4.78 is 25.4. The zero-order chi connectivity index (χ0) is 28.2. The van der Waals surface area contributed by atoms with E-state index in [-0.39, 0.29) is 17.3 Å². The van der Waals surface area contributed by atoms with Crippen molar-refractivity contribution in [2.45, 2.75) is 6.61 Å². The Bertz CT molecular complexity index is 1670. The van der Waals surface area contributed by atoms with Crippen LogP contribution >= 0.6 is 27.7 Å². The Morgan fingerprint density at radius 3 is 2.62 bits per heavy atom. The molecule has 0 aliphatic carbocycles. The summed E-state index contributed by atoms with van der Waals surface area (Å²) in [5.74, 6) is -0.621. The van der Waals surface area contributed by atoms with Crippen LogP contribution in [0.25, 0.3) is 16.8 Å². The zero-order valence-corrected chi connectivity index (χ0v) is 23.6. The van der Waals surface area contributed by atoms with Gasteiger partial charge in [-0.2, -0.15) is 0 Å². The standard InChI is InChI=1S/C30H22BrFN2O5S/c1-38-25-14-19(13-23(31)28(25)39-17-18-6-4-9-21(32)12-18)15-26-29(36)34(30(37)40-26)16-27(35)33-24-11-5-8-20-7-2-3-10-22(20)24/h2-15H,16-17H2,1H3,(H,33,35)/b26-15+. The fraction of sp³-hybridized carbons (Fsp3) is 0.100. The number of hydrogen-bond acceptors (Lipinski definition) is 6. The fourth-order valence-corrected chi connectivity index (χ4v) is 5.61. The van der Waals surface area contributed by atoms with Gasteiger partial charge >= 0.3 is 0 Å². The highest BCUT2D eigenvalue weighted by molar-refractivity contribution is 9.10. The number of nitrogens with zero attached hydrogens (tertiary/aromatic N) is 1. The lowest BCUT2D eigenvalue weighted by molar-refractivity contribution is -0.127. The van der Waals surface area contributed by atoms with E-state index in [0.717, 1.165) is 27.4 Å². The van der Waals surface area contributed by atoms with Gasteiger partial charge in [-0.1, -0.05) is 48.5 Å². The number of benzene rings is 4. The van der Waals surface area contributed by atoms with Gasteiger partial charge in [0.2, 0.25) is 5.91 Å². The molecule has 3 amide bonds. The number of anilines is 1. The van der Waals surface area contributed by atoms with Crippen molar-refractivity contribution in [1.29, 1.82) is 0 Å². The van der Waals surface area contributed by atoms with Crippen LogP contribution in [0.15, 0.2) is 88.2 Å². The van der Waals surface area contributed by atoms with E-state index in [4.69, 9.17) is 9.47 Å². The molecule has 0 bridgehead atoms. The number of hydrogen-bond donors (Lipinski definition) is 1. The molecule has 0 saturated carbocycles. The monoisotopic (exact) mass is 620 g/mol. The van der Waals surface area contributed by atoms with Crippen LogP contribution in [-0.4, -0.2) is 35.6 Å². The minimum Gasteiger partial charge on any atom is -0.493 e. The SMILES string of the molecule is COc1cc(/C=C2/SC(=O)N(CC(=O)Nc3cccc4ccccc34)C2=O)cc(Br)c1OCc1cccc(F)c1. The lowest BCUT2D eigenvalue weighted by atomic mass is 10.1. The summed E-state index contributed by atoms with van der Waals surface area (Å²) in [6, 6.07) is 22.6. The van der Waals surface area contributed by atoms with Gasteiger partial charge in [-0.15, -0.1) is 0 Å². The predicted molar refractivity (Wildman–Crippen MR) is 157 cm³/mol. The molecule has 7 nitrogen and oxygen atoms in total. The largest absolute Gasteiger partial charge is 0.493 e. The van der Waals surface area contributed by atoms with E-state index in [1.807, 2.05) is 36.4 Å². The van der Waals surface area contributed by atoms with Crippen LogP contribution < -0.4 is 14.8 Å². The number of thioether (sulfide) groups is 1. The molecule has 1 fully saturated rings. The van der Waals surface area contributed by atoms with Gasteiger partial charge < -0.3 is 14.8 Å². The third-order valence-corrected chi connectivity index (χ3v) is 7.56. The number of methoxy groups -OCH3 is 1. The fourth-order valence-electron chi connectivity index (χ4n) is 4.20. The number of carbonyl (C=O) groups excluding carboxylic acids is 3. The molecule has 0 unspecified atom stereocenters. The molecule has 0 atom stereocenters. The molecule has 4 aromatic rings. The van der Waals surface area contributed by atoms with E-state index in [2.05, 4.69) is 21.2 Å². The summed E-state index contributed by atoms with van der Waals surface area (Å²) in [6.07, 6.45) is 1.55. The maximum atomic E-state index is 13.5. The smallest absolute Gasteiger partial charge is 0.294 e. The number of nitrogens with one attached hydrogen (secondary N) is 1. The topological polar surface area (TPSA) is 84.9 Å². The Balaban J connectivity index is 1.29. The number of halogens is 2. The molecule has 1 heterocycles. The van der Waals surface area contributed by atoms with E-state index in [9.17, 15) is 18.8 Å². The van der Waals surface area contributed by atoms with E-state index >= 15 is 0 Å². The number of imide groups is 1. The number of amides is 3. The molecule has 0 spiro atoms. The summed E-state index contributed by atoms with van der Waals surface area (Å²) in [5, 5.41) is 4.08. The number of fused-ring (bicyclic) bond motifs is 1. The van der Waals surface area contributed by atoms with Crippen molar-refractivity contribution in [3.63, 3.8) is 0 Å². The number of ether oxygens (including phenoxy) is 2. The maximum absolute atomic E-state index is 13.5. The van der Waals surface area contributed by atoms with E-state index < -0.39 is 23.6 Å². The van der Waals surface area contributed by atoms with Crippen molar-refractivity contribution in [1.82, 2.24) is 4.90 Å². The van der Waals surface area contributed by atoms with Crippen molar-refractivity contribution in [3.05, 3.63) is 105 Å². The molecular formula is C30H22BrFN2O5S. The van der Waals surface area contributed by atoms with Gasteiger partial charge in [0.15, 0.2) is 11.5 Å². The van der Waals surface area contributed by atoms with Crippen LogP contribution in [0.1, 0.15) is 11.1 Å². The van der Waals surface area contributed by atoms with Gasteiger partial charge in [-0.25, -0.2) is 4.39 Å². The van der Waals surface area contributed by atoms with Crippen LogP contribution in [0.2, 0.25) is 0 Å². The molecule has 10 heteroatoms. The van der Waals surface area contributed by atoms with Crippen molar-refractivity contribution in [2.75, 3.05) is 19.0 Å². The Morgan fingerprint density at radius 1 is 1.05 bits per heavy atom. The zero-order valence-electron chi connectivity index (χ0n) is 21.1. The van der Waals surface area contributed by atoms with Gasteiger partial charge in [0.1, 0.15) is 19.0 Å². The second-order valence-corrected chi connectivity index (χ2v) is 10.6. The van der Waals surface area contributed by atoms with Crippen molar-refractivity contribution in [2.24, 2.45) is 0 Å². The summed E-state index contributed by atoms with van der Waals surface area (Å²) in [7, 11) is 1.48. The second-order valence-electron chi connectivity index (χ2n) is 8.80. The predicted octanol–water partition coefficient (Wildman–Crippen LogP) is 7.00. The van der Waals surface area contributed by atoms with E-state index in [1.165, 1.54) is 19.2 Å². The third kappa shape index (κ3) is 6.03. The lowest BCUT2D eigenvalue weighted by Gasteiger charge is -2.14. The molecule has 0 radical (unpaired) electrons. The lowest BCUT2D eigenvalue weighted by Crippen LogP contribution is -2.36. The number of rotatable bonds is 8. The second kappa shape index (κ2) is 11.9. The van der Waals surface area contributed by atoms with E-state index in [1.54, 1.807) is 36.4 Å². The summed E-state index contributed by atoms with van der Waals surface area (Å²) in [6.45, 7) is -0.295. The van der Waals surface area contributed by atoms with Gasteiger partial charge in [0.25, 0.3) is 11.1 Å². The van der Waals surface area contributed by atoms with Gasteiger partial charge in [-0.3, -0.25) is 19.3 Å². The van der Waals surface area contributed by atoms with Crippen LogP contribution in [-0.2, 0) is 16.2 Å². The highest BCUT2D eigenvalue weighted by Gasteiger charge is 2.36. The highest BCUT2D eigenvalue weighted by Crippen LogP contribution is 2.39. The Hall–Kier alpha value is -4.15. The first kappa shape index (κ1) is 27.4. The number of carbonyl (C=O) groups is 3. The van der Waals surface area contributed by atoms with Crippen LogP contribution in [0.3, 0.4) is 0 Å². The first-order valence-electron chi connectivity index (χ1n) is 12.1. The quantitative estimate of drug-likeness (QED) is 0.213. The molecule has 1 N–H and O–H groups in total. The van der Waals surface area contributed by atoms with Gasteiger partial charge in [0.05, 0.1) is 16.5 Å². The molecule has 4 aromatic carbocycles. The maximum Gasteiger partial charge on any atom is 0.294 e. The van der Waals surface area contributed by atoms with Crippen LogP contribution in [0.4, 0.5) is 14.9 Å². The first-order chi connectivity index (χ1) is 19.3. The van der Waals surface area contributed by atoms with Gasteiger partial charge in [-0.05, 0) is 80.6 Å². The Morgan fingerprint density at radius 2 is 1.82 bits per heavy atom. The molecule has 5 rings (SSSR count). The molecule has 1 aliphatic heterocycles. The summed E-state index contributed by atoms with van der Waals surface area (Å²) >= 11 is 4.22.